The van der Waals surface area contributed by atoms with Gasteiger partial charge in [0.25, 0.3) is 0 Å². The fourth-order valence-electron chi connectivity index (χ4n) is 0.755. The van der Waals surface area contributed by atoms with Gasteiger partial charge in [-0.3, -0.25) is 4.79 Å². The van der Waals surface area contributed by atoms with Crippen LogP contribution < -0.4 is 0 Å². The standard InChI is InChI=1S/C9H23NO2Si2/c1-10(14(5,6)7)12-9(11)8-13(2,3)4/h8H2,1-7H3. The maximum Gasteiger partial charge on any atom is 0.321 e. The molecule has 0 unspecified atom stereocenters. The van der Waals surface area contributed by atoms with Crippen LogP contribution in [-0.2, 0) is 9.63 Å². The Kier molecular flexibility index (Phi) is 4.54. The Balaban J connectivity index is 4.09. The number of hydrogen-bond donors (Lipinski definition) is 0. The molecule has 0 fully saturated rings. The number of hydrogen-bond acceptors (Lipinski definition) is 3. The predicted octanol–water partition coefficient (Wildman–Crippen LogP) is 2.55. The maximum absolute atomic E-state index is 11.5. The van der Waals surface area contributed by atoms with Crippen molar-refractivity contribution in [3.8, 4) is 0 Å². The van der Waals surface area contributed by atoms with E-state index >= 15 is 0 Å². The number of carbonyl (C=O) groups excluding carboxylic acids is 1. The molecule has 0 aliphatic heterocycles. The fourth-order valence-corrected chi connectivity index (χ4v) is 2.06. The molecule has 0 atom stereocenters. The monoisotopic (exact) mass is 233 g/mol. The number of hydroxylamine groups is 1. The van der Waals surface area contributed by atoms with E-state index in [-0.39, 0.29) is 5.97 Å². The first-order chi connectivity index (χ1) is 6.02. The second-order valence-corrected chi connectivity index (χ2v) is 16.3. The lowest BCUT2D eigenvalue weighted by atomic mass is 10.8. The number of nitrogens with zero attached hydrogens (tertiary/aromatic N) is 1. The minimum Gasteiger partial charge on any atom is -0.376 e. The molecule has 0 aromatic heterocycles. The molecule has 14 heavy (non-hydrogen) atoms. The van der Waals surface area contributed by atoms with Gasteiger partial charge in [0.1, 0.15) is 0 Å². The van der Waals surface area contributed by atoms with Crippen LogP contribution in [0, 0.1) is 0 Å². The molecule has 0 bridgehead atoms. The Labute approximate surface area is 89.5 Å². The summed E-state index contributed by atoms with van der Waals surface area (Å²) >= 11 is 0. The van der Waals surface area contributed by atoms with Crippen molar-refractivity contribution < 1.29 is 9.63 Å². The third-order valence-electron chi connectivity index (χ3n) is 1.86. The summed E-state index contributed by atoms with van der Waals surface area (Å²) in [5.41, 5.74) is 0. The van der Waals surface area contributed by atoms with E-state index in [2.05, 4.69) is 39.3 Å². The van der Waals surface area contributed by atoms with Gasteiger partial charge in [-0.2, -0.15) is 4.73 Å². The predicted molar refractivity (Wildman–Crippen MR) is 65.4 cm³/mol. The lowest BCUT2D eigenvalue weighted by Gasteiger charge is -2.28. The molecule has 3 nitrogen and oxygen atoms in total. The second-order valence-electron chi connectivity index (χ2n) is 5.87. The van der Waals surface area contributed by atoms with E-state index < -0.39 is 16.3 Å². The van der Waals surface area contributed by atoms with Crippen molar-refractivity contribution in [1.29, 1.82) is 0 Å². The zero-order chi connectivity index (χ0) is 11.6. The largest absolute Gasteiger partial charge is 0.376 e. The zero-order valence-corrected chi connectivity index (χ0v) is 12.5. The van der Waals surface area contributed by atoms with Crippen LogP contribution in [-0.4, -0.2) is 34.1 Å². The zero-order valence-electron chi connectivity index (χ0n) is 10.5. The minimum absolute atomic E-state index is 0.0749. The number of rotatable bonds is 4. The second kappa shape index (κ2) is 4.59. The van der Waals surface area contributed by atoms with E-state index in [4.69, 9.17) is 4.84 Å². The Hall–Kier alpha value is -0.136. The Morgan fingerprint density at radius 3 is 1.86 bits per heavy atom. The van der Waals surface area contributed by atoms with E-state index in [0.717, 1.165) is 0 Å². The normalized spacial score (nSPS) is 13.1. The van der Waals surface area contributed by atoms with Crippen LogP contribution in [0.3, 0.4) is 0 Å². The molecule has 0 radical (unpaired) electrons. The first-order valence-corrected chi connectivity index (χ1v) is 12.1. The van der Waals surface area contributed by atoms with Crippen molar-refractivity contribution in [2.75, 3.05) is 7.05 Å². The summed E-state index contributed by atoms with van der Waals surface area (Å²) in [5, 5.41) is 0. The smallest absolute Gasteiger partial charge is 0.321 e. The van der Waals surface area contributed by atoms with E-state index in [0.29, 0.717) is 6.04 Å². The lowest BCUT2D eigenvalue weighted by molar-refractivity contribution is -0.165. The van der Waals surface area contributed by atoms with E-state index in [1.165, 1.54) is 0 Å². The van der Waals surface area contributed by atoms with Crippen molar-refractivity contribution >= 4 is 22.3 Å². The molecule has 0 saturated heterocycles. The van der Waals surface area contributed by atoms with Crippen molar-refractivity contribution in [2.24, 2.45) is 0 Å². The Morgan fingerprint density at radius 2 is 1.57 bits per heavy atom. The van der Waals surface area contributed by atoms with Gasteiger partial charge in [-0.05, 0) is 0 Å². The summed E-state index contributed by atoms with van der Waals surface area (Å²) in [4.78, 5) is 16.8. The molecule has 0 aliphatic rings. The Bertz CT molecular complexity index is 206. The van der Waals surface area contributed by atoms with Gasteiger partial charge in [0.15, 0.2) is 8.24 Å². The summed E-state index contributed by atoms with van der Waals surface area (Å²) in [6.45, 7) is 13.0. The van der Waals surface area contributed by atoms with Gasteiger partial charge in [0, 0.05) is 13.1 Å². The first kappa shape index (κ1) is 13.9. The topological polar surface area (TPSA) is 29.5 Å². The summed E-state index contributed by atoms with van der Waals surface area (Å²) in [7, 11) is -0.970. The Morgan fingerprint density at radius 1 is 1.14 bits per heavy atom. The molecule has 0 aliphatic carbocycles. The third-order valence-corrected chi connectivity index (χ3v) is 5.19. The highest BCUT2D eigenvalue weighted by atomic mass is 28.3. The highest BCUT2D eigenvalue weighted by Gasteiger charge is 2.26. The lowest BCUT2D eigenvalue weighted by Crippen LogP contribution is -2.45. The van der Waals surface area contributed by atoms with Crippen LogP contribution in [0.2, 0.25) is 45.3 Å². The van der Waals surface area contributed by atoms with Gasteiger partial charge in [-0.15, -0.1) is 0 Å². The highest BCUT2D eigenvalue weighted by Crippen LogP contribution is 2.12. The maximum atomic E-state index is 11.5. The van der Waals surface area contributed by atoms with Crippen LogP contribution in [0.4, 0.5) is 0 Å². The van der Waals surface area contributed by atoms with Gasteiger partial charge in [-0.25, -0.2) is 0 Å². The molecule has 0 rings (SSSR count). The molecule has 0 aromatic rings. The van der Waals surface area contributed by atoms with E-state index in [1.54, 1.807) is 4.73 Å². The van der Waals surface area contributed by atoms with Crippen molar-refractivity contribution in [1.82, 2.24) is 4.73 Å². The van der Waals surface area contributed by atoms with Crippen LogP contribution in [0.15, 0.2) is 0 Å². The number of carbonyl (C=O) groups is 1. The molecule has 0 saturated carbocycles. The molecule has 0 spiro atoms. The molecule has 0 N–H and O–H groups in total. The van der Waals surface area contributed by atoms with Crippen LogP contribution in [0.25, 0.3) is 0 Å². The minimum atomic E-state index is -1.49. The summed E-state index contributed by atoms with van der Waals surface area (Å²) < 4.78 is 1.76. The van der Waals surface area contributed by atoms with E-state index in [1.807, 2.05) is 7.05 Å². The molecule has 5 heteroatoms. The van der Waals surface area contributed by atoms with Gasteiger partial charge >= 0.3 is 5.97 Å². The summed E-state index contributed by atoms with van der Waals surface area (Å²) in [5.74, 6) is -0.0749. The van der Waals surface area contributed by atoms with E-state index in [9.17, 15) is 4.79 Å². The molecule has 0 amide bonds. The highest BCUT2D eigenvalue weighted by molar-refractivity contribution is 6.78. The van der Waals surface area contributed by atoms with Crippen LogP contribution >= 0.6 is 0 Å². The molecular weight excluding hydrogens is 210 g/mol. The average molecular weight is 233 g/mol. The SMILES string of the molecule is CN(OC(=O)C[Si](C)(C)C)[Si](C)(C)C. The molecule has 0 aromatic carbocycles. The molecule has 84 valence electrons. The van der Waals surface area contributed by atoms with Crippen molar-refractivity contribution in [2.45, 2.75) is 45.3 Å². The van der Waals surface area contributed by atoms with Gasteiger partial charge in [0.2, 0.25) is 0 Å². The van der Waals surface area contributed by atoms with Crippen LogP contribution in [0.5, 0.6) is 0 Å². The van der Waals surface area contributed by atoms with Gasteiger partial charge in [-0.1, -0.05) is 39.3 Å². The van der Waals surface area contributed by atoms with Gasteiger partial charge in [0.05, 0.1) is 8.07 Å². The fraction of sp³-hybridized carbons (Fsp3) is 0.889. The van der Waals surface area contributed by atoms with Gasteiger partial charge < -0.3 is 4.84 Å². The third kappa shape index (κ3) is 6.34. The quantitative estimate of drug-likeness (QED) is 0.552. The van der Waals surface area contributed by atoms with Crippen LogP contribution in [0.1, 0.15) is 0 Å². The van der Waals surface area contributed by atoms with Crippen molar-refractivity contribution in [3.05, 3.63) is 0 Å². The van der Waals surface area contributed by atoms with Crippen molar-refractivity contribution in [3.63, 3.8) is 0 Å². The summed E-state index contributed by atoms with van der Waals surface area (Å²) in [6, 6.07) is 0.599. The summed E-state index contributed by atoms with van der Waals surface area (Å²) in [6.07, 6.45) is 0. The molecular formula is C9H23NO2Si2. The first-order valence-electron chi connectivity index (χ1n) is 4.97. The molecule has 0 heterocycles. The average Bonchev–Trinajstić information content (AvgIpc) is 1.79.